The summed E-state index contributed by atoms with van der Waals surface area (Å²) in [6.07, 6.45) is 6.74. The van der Waals surface area contributed by atoms with Crippen molar-refractivity contribution in [2.45, 2.75) is 38.1 Å². The van der Waals surface area contributed by atoms with Crippen molar-refractivity contribution in [3.63, 3.8) is 0 Å². The van der Waals surface area contributed by atoms with Gasteiger partial charge in [0.2, 0.25) is 0 Å². The smallest absolute Gasteiger partial charge is 0.0511 e. The van der Waals surface area contributed by atoms with E-state index in [0.717, 1.165) is 9.50 Å². The maximum atomic E-state index is 5.96. The van der Waals surface area contributed by atoms with Gasteiger partial charge < -0.3 is 4.90 Å². The average molecular weight is 303 g/mol. The molecule has 16 heavy (non-hydrogen) atoms. The fraction of sp³-hybridized carbons (Fsp3) is 0.538. The zero-order valence-corrected chi connectivity index (χ0v) is 11.9. The molecule has 0 heterocycles. The lowest BCUT2D eigenvalue weighted by Gasteiger charge is -2.33. The van der Waals surface area contributed by atoms with E-state index in [0.29, 0.717) is 6.04 Å². The third-order valence-electron chi connectivity index (χ3n) is 3.41. The van der Waals surface area contributed by atoms with Crippen LogP contribution in [0, 0.1) is 0 Å². The Kier molecular flexibility index (Phi) is 4.15. The first kappa shape index (κ1) is 12.3. The van der Waals surface area contributed by atoms with Crippen LogP contribution in [0.2, 0.25) is 5.02 Å². The van der Waals surface area contributed by atoms with Crippen molar-refractivity contribution in [1.82, 2.24) is 0 Å². The Hall–Kier alpha value is -0.210. The molecule has 0 bridgehead atoms. The number of nitrogens with zero attached hydrogens (tertiary/aromatic N) is 1. The summed E-state index contributed by atoms with van der Waals surface area (Å²) in [5.41, 5.74) is 1.25. The summed E-state index contributed by atoms with van der Waals surface area (Å²) < 4.78 is 1.09. The second-order valence-electron chi connectivity index (χ2n) is 4.50. The molecule has 1 aromatic rings. The molecule has 0 radical (unpaired) electrons. The molecular weight excluding hydrogens is 286 g/mol. The van der Waals surface area contributed by atoms with E-state index in [4.69, 9.17) is 11.6 Å². The lowest BCUT2D eigenvalue weighted by Crippen LogP contribution is -2.33. The maximum absolute atomic E-state index is 5.96. The molecule has 1 saturated carbocycles. The van der Waals surface area contributed by atoms with Crippen molar-refractivity contribution in [2.24, 2.45) is 0 Å². The summed E-state index contributed by atoms with van der Waals surface area (Å²) >= 11 is 9.55. The zero-order valence-electron chi connectivity index (χ0n) is 9.55. The molecule has 0 aliphatic heterocycles. The SMILES string of the molecule is CN(c1ccc(Cl)cc1Br)C1CCCCC1. The molecule has 3 heteroatoms. The minimum atomic E-state index is 0.686. The van der Waals surface area contributed by atoms with Crippen molar-refractivity contribution < 1.29 is 0 Å². The minimum absolute atomic E-state index is 0.686. The number of anilines is 1. The molecule has 0 amide bonds. The first-order valence-electron chi connectivity index (χ1n) is 5.86. The third kappa shape index (κ3) is 2.72. The van der Waals surface area contributed by atoms with Crippen LogP contribution >= 0.6 is 27.5 Å². The Morgan fingerprint density at radius 3 is 2.56 bits per heavy atom. The van der Waals surface area contributed by atoms with Crippen LogP contribution in [0.15, 0.2) is 22.7 Å². The van der Waals surface area contributed by atoms with Gasteiger partial charge in [-0.2, -0.15) is 0 Å². The Morgan fingerprint density at radius 2 is 1.94 bits per heavy atom. The van der Waals surface area contributed by atoms with Crippen molar-refractivity contribution >= 4 is 33.2 Å². The Bertz CT molecular complexity index is 361. The molecular formula is C13H17BrClN. The quantitative estimate of drug-likeness (QED) is 0.753. The molecule has 1 aliphatic rings. The number of rotatable bonds is 2. The highest BCUT2D eigenvalue weighted by Gasteiger charge is 2.19. The van der Waals surface area contributed by atoms with E-state index in [2.05, 4.69) is 33.9 Å². The van der Waals surface area contributed by atoms with Crippen molar-refractivity contribution in [3.05, 3.63) is 27.7 Å². The molecule has 88 valence electrons. The topological polar surface area (TPSA) is 3.24 Å². The fourth-order valence-electron chi connectivity index (χ4n) is 2.43. The molecule has 1 aliphatic carbocycles. The summed E-state index contributed by atoms with van der Waals surface area (Å²) in [6, 6.07) is 6.71. The van der Waals surface area contributed by atoms with Gasteiger partial charge in [0.1, 0.15) is 0 Å². The van der Waals surface area contributed by atoms with Crippen molar-refractivity contribution in [1.29, 1.82) is 0 Å². The van der Waals surface area contributed by atoms with E-state index < -0.39 is 0 Å². The molecule has 0 N–H and O–H groups in total. The van der Waals surface area contributed by atoms with Crippen molar-refractivity contribution in [2.75, 3.05) is 11.9 Å². The van der Waals surface area contributed by atoms with E-state index in [1.54, 1.807) is 0 Å². The minimum Gasteiger partial charge on any atom is -0.371 e. The lowest BCUT2D eigenvalue weighted by atomic mass is 9.94. The summed E-state index contributed by atoms with van der Waals surface area (Å²) in [6.45, 7) is 0. The average Bonchev–Trinajstić information content (AvgIpc) is 2.29. The zero-order chi connectivity index (χ0) is 11.5. The standard InChI is InChI=1S/C13H17BrClN/c1-16(11-5-3-2-4-6-11)13-8-7-10(15)9-12(13)14/h7-9,11H,2-6H2,1H3. The predicted molar refractivity (Wildman–Crippen MR) is 74.4 cm³/mol. The van der Waals surface area contributed by atoms with Crippen LogP contribution in [0.3, 0.4) is 0 Å². The Balaban J connectivity index is 2.15. The summed E-state index contributed by atoms with van der Waals surface area (Å²) in [5.74, 6) is 0. The highest BCUT2D eigenvalue weighted by Crippen LogP contribution is 2.32. The second-order valence-corrected chi connectivity index (χ2v) is 5.79. The van der Waals surface area contributed by atoms with Gasteiger partial charge in [0.25, 0.3) is 0 Å². The largest absolute Gasteiger partial charge is 0.371 e. The first-order valence-corrected chi connectivity index (χ1v) is 7.03. The number of hydrogen-bond acceptors (Lipinski definition) is 1. The second kappa shape index (κ2) is 5.42. The lowest BCUT2D eigenvalue weighted by molar-refractivity contribution is 0.427. The monoisotopic (exact) mass is 301 g/mol. The van der Waals surface area contributed by atoms with E-state index >= 15 is 0 Å². The Labute approximate surface area is 111 Å². The third-order valence-corrected chi connectivity index (χ3v) is 4.28. The van der Waals surface area contributed by atoms with Gasteiger partial charge in [-0.3, -0.25) is 0 Å². The van der Waals surface area contributed by atoms with Crippen LogP contribution in [-0.4, -0.2) is 13.1 Å². The van der Waals surface area contributed by atoms with Gasteiger partial charge in [-0.05, 0) is 47.0 Å². The summed E-state index contributed by atoms with van der Waals surface area (Å²) in [4.78, 5) is 2.39. The summed E-state index contributed by atoms with van der Waals surface area (Å²) in [5, 5.41) is 0.785. The summed E-state index contributed by atoms with van der Waals surface area (Å²) in [7, 11) is 2.18. The van der Waals surface area contributed by atoms with Gasteiger partial charge in [0.15, 0.2) is 0 Å². The molecule has 0 aromatic heterocycles. The molecule has 1 nitrogen and oxygen atoms in total. The maximum Gasteiger partial charge on any atom is 0.0511 e. The molecule has 2 rings (SSSR count). The van der Waals surface area contributed by atoms with Crippen LogP contribution in [0.4, 0.5) is 5.69 Å². The van der Waals surface area contributed by atoms with Gasteiger partial charge in [0.05, 0.1) is 5.69 Å². The van der Waals surface area contributed by atoms with Crippen LogP contribution < -0.4 is 4.90 Å². The number of halogens is 2. The van der Waals surface area contributed by atoms with Gasteiger partial charge >= 0.3 is 0 Å². The number of benzene rings is 1. The molecule has 0 spiro atoms. The predicted octanol–water partition coefficient (Wildman–Crippen LogP) is 4.87. The molecule has 0 saturated heterocycles. The first-order chi connectivity index (χ1) is 7.68. The van der Waals surface area contributed by atoms with Gasteiger partial charge in [-0.25, -0.2) is 0 Å². The number of hydrogen-bond donors (Lipinski definition) is 0. The molecule has 0 unspecified atom stereocenters. The van der Waals surface area contributed by atoms with Gasteiger partial charge in [0, 0.05) is 22.6 Å². The molecule has 1 fully saturated rings. The van der Waals surface area contributed by atoms with Gasteiger partial charge in [-0.1, -0.05) is 30.9 Å². The van der Waals surface area contributed by atoms with E-state index in [-0.39, 0.29) is 0 Å². The fourth-order valence-corrected chi connectivity index (χ4v) is 3.39. The van der Waals surface area contributed by atoms with Crippen LogP contribution in [0.5, 0.6) is 0 Å². The van der Waals surface area contributed by atoms with Gasteiger partial charge in [-0.15, -0.1) is 0 Å². The highest BCUT2D eigenvalue weighted by atomic mass is 79.9. The molecule has 1 aromatic carbocycles. The van der Waals surface area contributed by atoms with Crippen LogP contribution in [0.1, 0.15) is 32.1 Å². The van der Waals surface area contributed by atoms with E-state index in [1.807, 2.05) is 12.1 Å². The Morgan fingerprint density at radius 1 is 1.25 bits per heavy atom. The highest BCUT2D eigenvalue weighted by molar-refractivity contribution is 9.10. The van der Waals surface area contributed by atoms with E-state index in [9.17, 15) is 0 Å². The van der Waals surface area contributed by atoms with Crippen LogP contribution in [-0.2, 0) is 0 Å². The van der Waals surface area contributed by atoms with E-state index in [1.165, 1.54) is 37.8 Å². The van der Waals surface area contributed by atoms with Crippen molar-refractivity contribution in [3.8, 4) is 0 Å². The molecule has 0 atom stereocenters. The van der Waals surface area contributed by atoms with Crippen LogP contribution in [0.25, 0.3) is 0 Å². The normalized spacial score (nSPS) is 17.4.